The molecule has 6 bridgehead atoms. The number of likely N-dealkylation sites (N-methyl/N-ethyl adjacent to an activating group) is 1. The highest BCUT2D eigenvalue weighted by Crippen LogP contribution is 2.56. The van der Waals surface area contributed by atoms with Gasteiger partial charge in [-0.15, -0.1) is 0 Å². The topological polar surface area (TPSA) is 99.9 Å². The predicted octanol–water partition coefficient (Wildman–Crippen LogP) is 6.49. The summed E-state index contributed by atoms with van der Waals surface area (Å²) in [6.07, 6.45) is 7.60. The van der Waals surface area contributed by atoms with Gasteiger partial charge < -0.3 is 24.2 Å². The Balaban J connectivity index is 1.28. The maximum absolute atomic E-state index is 14.2. The molecule has 4 aliphatic heterocycles. The maximum Gasteiger partial charge on any atom is 0.319 e. The van der Waals surface area contributed by atoms with Gasteiger partial charge in [0.1, 0.15) is 11.2 Å². The minimum absolute atomic E-state index is 0.00289. The van der Waals surface area contributed by atoms with Crippen molar-refractivity contribution in [3.63, 3.8) is 0 Å². The molecule has 2 aromatic carbocycles. The van der Waals surface area contributed by atoms with Gasteiger partial charge in [-0.3, -0.25) is 19.4 Å². The van der Waals surface area contributed by atoms with Crippen molar-refractivity contribution < 1.29 is 23.8 Å². The standard InChI is InChI=1S/C43H52N4O5/c1-7-24-15-23-20-43(42(49)52-6)39-27(13-14-47(21-23)40(24)43)29-17-30(36(50-4)19-34(29)45-39)31-16-28-25(8-2)22-46(3)35(37(28)41(48)51-5)18-32-26-11-9-10-12-33(26)44-38(31)32/h8-12,17,19,23-24,28,31,35,37,40,44-45H,7,13-16,18,20-22H2,1-6H3/b25-8+. The minimum atomic E-state index is -0.725. The highest BCUT2D eigenvalue weighted by molar-refractivity contribution is 5.93. The molecule has 52 heavy (non-hydrogen) atoms. The number of esters is 2. The number of aromatic nitrogens is 2. The third kappa shape index (κ3) is 4.67. The van der Waals surface area contributed by atoms with Crippen LogP contribution < -0.4 is 4.74 Å². The molecule has 0 spiro atoms. The summed E-state index contributed by atoms with van der Waals surface area (Å²) < 4.78 is 17.6. The molecule has 6 aliphatic rings. The number of fused-ring (bicyclic) bond motifs is 9. The number of para-hydroxylation sites is 1. The van der Waals surface area contributed by atoms with E-state index in [2.05, 4.69) is 83.1 Å². The number of nitrogens with one attached hydrogen (secondary N) is 2. The number of H-pyrrole nitrogens is 2. The second-order valence-corrected chi connectivity index (χ2v) is 16.3. The van der Waals surface area contributed by atoms with Crippen LogP contribution in [0.5, 0.6) is 5.75 Å². The lowest BCUT2D eigenvalue weighted by molar-refractivity contribution is -0.162. The van der Waals surface area contributed by atoms with Crippen molar-refractivity contribution in [3.05, 3.63) is 76.1 Å². The highest BCUT2D eigenvalue weighted by atomic mass is 16.5. The average Bonchev–Trinajstić information content (AvgIpc) is 3.69. The number of carbonyl (C=O) groups is 2. The van der Waals surface area contributed by atoms with Gasteiger partial charge in [-0.2, -0.15) is 0 Å². The Bertz CT molecular complexity index is 2110. The lowest BCUT2D eigenvalue weighted by Gasteiger charge is -2.57. The molecule has 4 fully saturated rings. The number of rotatable bonds is 5. The number of piperidine rings is 3. The number of aromatic amines is 2. The van der Waals surface area contributed by atoms with Crippen LogP contribution in [0.3, 0.4) is 0 Å². The van der Waals surface area contributed by atoms with Gasteiger partial charge in [-0.25, -0.2) is 0 Å². The fourth-order valence-electron chi connectivity index (χ4n) is 12.1. The molecule has 9 nitrogen and oxygen atoms in total. The number of benzene rings is 2. The van der Waals surface area contributed by atoms with Crippen LogP contribution in [0.2, 0.25) is 0 Å². The number of hydrogen-bond donors (Lipinski definition) is 2. The molecule has 274 valence electrons. The van der Waals surface area contributed by atoms with E-state index in [1.54, 1.807) is 14.2 Å². The third-order valence-electron chi connectivity index (χ3n) is 14.1. The van der Waals surface area contributed by atoms with E-state index in [9.17, 15) is 9.59 Å². The molecular weight excluding hydrogens is 652 g/mol. The van der Waals surface area contributed by atoms with E-state index in [0.29, 0.717) is 11.8 Å². The first-order chi connectivity index (χ1) is 25.3. The number of nitrogens with zero attached hydrogens (tertiary/aromatic N) is 2. The van der Waals surface area contributed by atoms with Crippen molar-refractivity contribution >= 4 is 33.7 Å². The van der Waals surface area contributed by atoms with E-state index in [0.717, 1.165) is 85.2 Å². The van der Waals surface area contributed by atoms with Crippen LogP contribution in [0.25, 0.3) is 21.8 Å². The van der Waals surface area contributed by atoms with Gasteiger partial charge >= 0.3 is 11.9 Å². The monoisotopic (exact) mass is 704 g/mol. The number of ether oxygens (including phenoxy) is 3. The normalized spacial score (nSPS) is 33.2. The van der Waals surface area contributed by atoms with Gasteiger partial charge in [0, 0.05) is 82.5 Å². The van der Waals surface area contributed by atoms with Crippen LogP contribution in [0.4, 0.5) is 0 Å². The van der Waals surface area contributed by atoms with Gasteiger partial charge in [0.05, 0.1) is 27.2 Å². The number of hydrogen-bond acceptors (Lipinski definition) is 7. The molecule has 2 aliphatic carbocycles. The fraction of sp³-hybridized carbons (Fsp3) is 0.535. The van der Waals surface area contributed by atoms with Gasteiger partial charge in [-0.05, 0) is 87.1 Å². The summed E-state index contributed by atoms with van der Waals surface area (Å²) in [5.41, 5.74) is 8.50. The van der Waals surface area contributed by atoms with E-state index in [4.69, 9.17) is 14.2 Å². The van der Waals surface area contributed by atoms with Crippen molar-refractivity contribution in [2.24, 2.45) is 23.7 Å². The zero-order valence-corrected chi connectivity index (χ0v) is 31.4. The van der Waals surface area contributed by atoms with Crippen molar-refractivity contribution in [1.29, 1.82) is 0 Å². The molecule has 2 N–H and O–H groups in total. The van der Waals surface area contributed by atoms with E-state index in [1.807, 2.05) is 0 Å². The summed E-state index contributed by atoms with van der Waals surface area (Å²) in [5, 5.41) is 2.36. The first kappa shape index (κ1) is 33.7. The second-order valence-electron chi connectivity index (χ2n) is 16.3. The Morgan fingerprint density at radius 1 is 1.02 bits per heavy atom. The van der Waals surface area contributed by atoms with Gasteiger partial charge in [0.15, 0.2) is 0 Å². The molecule has 10 rings (SSSR count). The smallest absolute Gasteiger partial charge is 0.319 e. The van der Waals surface area contributed by atoms with Gasteiger partial charge in [0.25, 0.3) is 0 Å². The molecule has 0 amide bonds. The molecule has 4 aromatic rings. The number of methoxy groups -OCH3 is 3. The predicted molar refractivity (Wildman–Crippen MR) is 202 cm³/mol. The Morgan fingerprint density at radius 3 is 2.60 bits per heavy atom. The molecule has 3 saturated heterocycles. The zero-order valence-electron chi connectivity index (χ0n) is 31.4. The van der Waals surface area contributed by atoms with Crippen LogP contribution in [0.15, 0.2) is 48.0 Å². The molecule has 9 unspecified atom stereocenters. The van der Waals surface area contributed by atoms with Gasteiger partial charge in [-0.1, -0.05) is 43.2 Å². The molecular formula is C43H52N4O5. The van der Waals surface area contributed by atoms with Crippen LogP contribution >= 0.6 is 0 Å². The summed E-state index contributed by atoms with van der Waals surface area (Å²) in [4.78, 5) is 40.7. The zero-order chi connectivity index (χ0) is 36.1. The number of allylic oxidation sites excluding steroid dienone is 1. The summed E-state index contributed by atoms with van der Waals surface area (Å²) in [6, 6.07) is 13.2. The van der Waals surface area contributed by atoms with E-state index in [1.165, 1.54) is 41.3 Å². The van der Waals surface area contributed by atoms with Crippen molar-refractivity contribution in [1.82, 2.24) is 19.8 Å². The molecule has 9 atom stereocenters. The quantitative estimate of drug-likeness (QED) is 0.181. The summed E-state index contributed by atoms with van der Waals surface area (Å²) in [5.74, 6) is 1.10. The molecule has 6 heterocycles. The Morgan fingerprint density at radius 2 is 1.85 bits per heavy atom. The average molecular weight is 705 g/mol. The minimum Gasteiger partial charge on any atom is -0.496 e. The molecule has 9 heteroatoms. The van der Waals surface area contributed by atoms with Crippen LogP contribution in [-0.4, -0.2) is 91.8 Å². The van der Waals surface area contributed by atoms with Gasteiger partial charge in [0.2, 0.25) is 0 Å². The fourth-order valence-corrected chi connectivity index (χ4v) is 12.1. The Hall–Kier alpha value is -4.08. The molecule has 1 saturated carbocycles. The third-order valence-corrected chi connectivity index (χ3v) is 14.1. The first-order valence-electron chi connectivity index (χ1n) is 19.3. The molecule has 0 radical (unpaired) electrons. The summed E-state index contributed by atoms with van der Waals surface area (Å²) in [7, 11) is 6.98. The largest absolute Gasteiger partial charge is 0.496 e. The SMILES string of the molecule is C/C=C1\CN(C)C2Cc3c([nH]c4ccccc34)C(c3cc4c5c([nH]c4cc3OC)C3(C(=O)OC)CC4CC(CC)C3N(CC5)C4)CC1C2C(=O)OC. The lowest BCUT2D eigenvalue weighted by Crippen LogP contribution is -2.67. The van der Waals surface area contributed by atoms with Crippen LogP contribution in [-0.2, 0) is 37.3 Å². The lowest BCUT2D eigenvalue weighted by atomic mass is 9.56. The number of carbonyl (C=O) groups excluding carboxylic acids is 2. The van der Waals surface area contributed by atoms with E-state index < -0.39 is 5.41 Å². The van der Waals surface area contributed by atoms with Crippen molar-refractivity contribution in [3.8, 4) is 5.75 Å². The maximum atomic E-state index is 14.2. The Labute approximate surface area is 306 Å². The van der Waals surface area contributed by atoms with Crippen molar-refractivity contribution in [2.75, 3.05) is 48.0 Å². The van der Waals surface area contributed by atoms with E-state index >= 15 is 0 Å². The second kappa shape index (κ2) is 12.5. The highest BCUT2D eigenvalue weighted by Gasteiger charge is 2.62. The van der Waals surface area contributed by atoms with E-state index in [-0.39, 0.29) is 41.8 Å². The summed E-state index contributed by atoms with van der Waals surface area (Å²) in [6.45, 7) is 7.17. The van der Waals surface area contributed by atoms with Crippen LogP contribution in [0.1, 0.15) is 73.5 Å². The summed E-state index contributed by atoms with van der Waals surface area (Å²) >= 11 is 0. The molecule has 2 aromatic heterocycles. The Kier molecular flexibility index (Phi) is 8.12. The first-order valence-corrected chi connectivity index (χ1v) is 19.3. The van der Waals surface area contributed by atoms with Crippen molar-refractivity contribution in [2.45, 2.75) is 75.8 Å². The number of likely N-dealkylation sites (tertiary alicyclic amines) is 1. The van der Waals surface area contributed by atoms with Crippen LogP contribution in [0, 0.1) is 23.7 Å².